The van der Waals surface area contributed by atoms with Crippen LogP contribution in [0, 0.1) is 0 Å². The van der Waals surface area contributed by atoms with Crippen LogP contribution in [0.2, 0.25) is 0 Å². The monoisotopic (exact) mass is 297 g/mol. The van der Waals surface area contributed by atoms with Crippen LogP contribution in [0.4, 0.5) is 0 Å². The first-order valence-corrected chi connectivity index (χ1v) is 8.47. The largest absolute Gasteiger partial charge is 0.395 e. The maximum absolute atomic E-state index is 9.37. The summed E-state index contributed by atoms with van der Waals surface area (Å²) in [6, 6.07) is 0.341. The van der Waals surface area contributed by atoms with Crippen molar-refractivity contribution < 1.29 is 5.11 Å². The first-order chi connectivity index (χ1) is 9.63. The highest BCUT2D eigenvalue weighted by Gasteiger charge is 2.22. The number of aliphatic hydroxyl groups excluding tert-OH is 1. The van der Waals surface area contributed by atoms with Gasteiger partial charge < -0.3 is 5.11 Å². The summed E-state index contributed by atoms with van der Waals surface area (Å²) in [4.78, 5) is 10.8. The Bertz CT molecular complexity index is 396. The van der Waals surface area contributed by atoms with E-state index >= 15 is 0 Å². The molecule has 1 aliphatic rings. The maximum atomic E-state index is 9.37. The molecule has 1 aromatic heterocycles. The molecule has 20 heavy (non-hydrogen) atoms. The molecule has 1 fully saturated rings. The maximum Gasteiger partial charge on any atom is 0.0953 e. The summed E-state index contributed by atoms with van der Waals surface area (Å²) in [5, 5.41) is 10.6. The summed E-state index contributed by atoms with van der Waals surface area (Å²) in [5.41, 5.74) is 0. The fourth-order valence-corrected chi connectivity index (χ4v) is 3.63. The van der Waals surface area contributed by atoms with Gasteiger partial charge in [0, 0.05) is 55.8 Å². The van der Waals surface area contributed by atoms with Gasteiger partial charge >= 0.3 is 0 Å². The van der Waals surface area contributed by atoms with Crippen molar-refractivity contribution in [1.29, 1.82) is 0 Å². The summed E-state index contributed by atoms with van der Waals surface area (Å²) in [5.74, 6) is 0.528. The van der Waals surface area contributed by atoms with Crippen LogP contribution in [0.1, 0.15) is 43.0 Å². The Morgan fingerprint density at radius 3 is 2.50 bits per heavy atom. The molecule has 0 spiro atoms. The van der Waals surface area contributed by atoms with Crippen molar-refractivity contribution in [2.24, 2.45) is 0 Å². The third kappa shape index (κ3) is 4.01. The number of aliphatic hydroxyl groups is 1. The van der Waals surface area contributed by atoms with Crippen molar-refractivity contribution in [2.75, 3.05) is 32.8 Å². The van der Waals surface area contributed by atoms with Crippen LogP contribution in [-0.4, -0.2) is 58.7 Å². The predicted octanol–water partition coefficient (Wildman–Crippen LogP) is 2.15. The van der Waals surface area contributed by atoms with Crippen molar-refractivity contribution >= 4 is 11.3 Å². The summed E-state index contributed by atoms with van der Waals surface area (Å²) in [6.07, 6.45) is 3.07. The molecule has 1 unspecified atom stereocenters. The van der Waals surface area contributed by atoms with E-state index in [1.807, 2.05) is 17.5 Å². The van der Waals surface area contributed by atoms with Crippen molar-refractivity contribution in [3.8, 4) is 0 Å². The second-order valence-electron chi connectivity index (χ2n) is 5.88. The van der Waals surface area contributed by atoms with Crippen LogP contribution in [0.25, 0.3) is 0 Å². The number of piperazine rings is 1. The topological polar surface area (TPSA) is 39.6 Å². The van der Waals surface area contributed by atoms with Gasteiger partial charge in [0.1, 0.15) is 0 Å². The average Bonchev–Trinajstić information content (AvgIpc) is 2.91. The van der Waals surface area contributed by atoms with E-state index in [9.17, 15) is 5.11 Å². The minimum absolute atomic E-state index is 0.281. The van der Waals surface area contributed by atoms with Crippen LogP contribution < -0.4 is 0 Å². The van der Waals surface area contributed by atoms with Gasteiger partial charge in [0.05, 0.1) is 11.6 Å². The molecular formula is C15H27N3OS. The Labute approximate surface area is 126 Å². The Balaban J connectivity index is 1.81. The first kappa shape index (κ1) is 15.9. The first-order valence-electron chi connectivity index (χ1n) is 7.65. The molecule has 5 heteroatoms. The van der Waals surface area contributed by atoms with Crippen molar-refractivity contribution in [3.05, 3.63) is 16.1 Å². The van der Waals surface area contributed by atoms with Gasteiger partial charge in [-0.3, -0.25) is 9.80 Å². The van der Waals surface area contributed by atoms with Gasteiger partial charge in [-0.25, -0.2) is 4.98 Å². The standard InChI is InChI=1S/C15H27N3OS/c1-4-13(11-19)18-7-5-17(6-8-18)10-14-9-16-15(20-14)12(2)3/h9,12-13,19H,4-8,10-11H2,1-3H3. The van der Waals surface area contributed by atoms with E-state index in [-0.39, 0.29) is 6.61 Å². The van der Waals surface area contributed by atoms with E-state index < -0.39 is 0 Å². The highest BCUT2D eigenvalue weighted by atomic mass is 32.1. The molecule has 0 saturated carbocycles. The van der Waals surface area contributed by atoms with Crippen LogP contribution in [0.3, 0.4) is 0 Å². The fourth-order valence-electron chi connectivity index (χ4n) is 2.67. The van der Waals surface area contributed by atoms with E-state index in [0.717, 1.165) is 39.1 Å². The summed E-state index contributed by atoms with van der Waals surface area (Å²) >= 11 is 1.84. The second kappa shape index (κ2) is 7.50. The third-order valence-corrected chi connectivity index (χ3v) is 5.33. The van der Waals surface area contributed by atoms with Gasteiger partial charge in [-0.15, -0.1) is 11.3 Å². The van der Waals surface area contributed by atoms with Gasteiger partial charge in [0.2, 0.25) is 0 Å². The van der Waals surface area contributed by atoms with Crippen molar-refractivity contribution in [2.45, 2.75) is 45.7 Å². The average molecular weight is 297 g/mol. The zero-order chi connectivity index (χ0) is 14.5. The zero-order valence-corrected chi connectivity index (χ0v) is 13.7. The van der Waals surface area contributed by atoms with Gasteiger partial charge in [-0.1, -0.05) is 20.8 Å². The number of hydrogen-bond acceptors (Lipinski definition) is 5. The van der Waals surface area contributed by atoms with E-state index in [4.69, 9.17) is 0 Å². The highest BCUT2D eigenvalue weighted by molar-refractivity contribution is 7.11. The molecule has 2 heterocycles. The smallest absolute Gasteiger partial charge is 0.0953 e. The molecule has 0 bridgehead atoms. The lowest BCUT2D eigenvalue weighted by atomic mass is 10.1. The molecule has 114 valence electrons. The number of aromatic nitrogens is 1. The molecule has 1 saturated heterocycles. The normalized spacial score (nSPS) is 19.6. The number of rotatable bonds is 6. The van der Waals surface area contributed by atoms with Gasteiger partial charge in [-0.2, -0.15) is 0 Å². The molecule has 1 aromatic rings. The number of thiazole rings is 1. The Morgan fingerprint density at radius 1 is 1.30 bits per heavy atom. The molecule has 0 aromatic carbocycles. The van der Waals surface area contributed by atoms with Crippen molar-refractivity contribution in [3.63, 3.8) is 0 Å². The lowest BCUT2D eigenvalue weighted by Crippen LogP contribution is -2.50. The highest BCUT2D eigenvalue weighted by Crippen LogP contribution is 2.22. The zero-order valence-electron chi connectivity index (χ0n) is 12.9. The lowest BCUT2D eigenvalue weighted by Gasteiger charge is -2.38. The molecular weight excluding hydrogens is 270 g/mol. The fraction of sp³-hybridized carbons (Fsp3) is 0.800. The molecule has 0 aliphatic carbocycles. The summed E-state index contributed by atoms with van der Waals surface area (Å²) < 4.78 is 0. The molecule has 1 atom stereocenters. The van der Waals surface area contributed by atoms with Crippen LogP contribution in [0.15, 0.2) is 6.20 Å². The number of nitrogens with zero attached hydrogens (tertiary/aromatic N) is 3. The minimum Gasteiger partial charge on any atom is -0.395 e. The molecule has 0 amide bonds. The predicted molar refractivity (Wildman–Crippen MR) is 84.2 cm³/mol. The molecule has 4 nitrogen and oxygen atoms in total. The molecule has 1 aliphatic heterocycles. The Hall–Kier alpha value is -0.490. The quantitative estimate of drug-likeness (QED) is 0.873. The van der Waals surface area contributed by atoms with Crippen LogP contribution in [0.5, 0.6) is 0 Å². The van der Waals surface area contributed by atoms with Crippen LogP contribution in [-0.2, 0) is 6.54 Å². The van der Waals surface area contributed by atoms with Gasteiger partial charge in [-0.05, 0) is 6.42 Å². The molecule has 1 N–H and O–H groups in total. The number of hydrogen-bond donors (Lipinski definition) is 1. The Kier molecular flexibility index (Phi) is 5.96. The minimum atomic E-state index is 0.281. The Morgan fingerprint density at radius 2 is 2.00 bits per heavy atom. The van der Waals surface area contributed by atoms with E-state index in [2.05, 4.69) is 35.6 Å². The SMILES string of the molecule is CCC(CO)N1CCN(Cc2cnc(C(C)C)s2)CC1. The molecule has 0 radical (unpaired) electrons. The second-order valence-corrected chi connectivity index (χ2v) is 7.02. The lowest BCUT2D eigenvalue weighted by molar-refractivity contribution is 0.0612. The molecule has 2 rings (SSSR count). The van der Waals surface area contributed by atoms with E-state index in [0.29, 0.717) is 12.0 Å². The summed E-state index contributed by atoms with van der Waals surface area (Å²) in [7, 11) is 0. The van der Waals surface area contributed by atoms with E-state index in [1.165, 1.54) is 9.88 Å². The van der Waals surface area contributed by atoms with E-state index in [1.54, 1.807) is 0 Å². The third-order valence-electron chi connectivity index (χ3n) is 4.05. The van der Waals surface area contributed by atoms with Gasteiger partial charge in [0.15, 0.2) is 0 Å². The van der Waals surface area contributed by atoms with Crippen LogP contribution >= 0.6 is 11.3 Å². The van der Waals surface area contributed by atoms with Crippen molar-refractivity contribution in [1.82, 2.24) is 14.8 Å². The van der Waals surface area contributed by atoms with Gasteiger partial charge in [0.25, 0.3) is 0 Å². The summed E-state index contributed by atoms with van der Waals surface area (Å²) in [6.45, 7) is 12.2.